The first-order chi connectivity index (χ1) is 8.22. The first kappa shape index (κ1) is 13.7. The van der Waals surface area contributed by atoms with Crippen molar-refractivity contribution in [3.05, 3.63) is 11.9 Å². The number of ether oxygens (including phenoxy) is 1. The smallest absolute Gasteiger partial charge is 0.222 e. The number of rotatable bonds is 7. The van der Waals surface area contributed by atoms with Gasteiger partial charge in [-0.1, -0.05) is 26.7 Å². The van der Waals surface area contributed by atoms with Gasteiger partial charge in [-0.05, 0) is 19.8 Å². The number of hydrazine groups is 1. The van der Waals surface area contributed by atoms with E-state index in [0.29, 0.717) is 11.7 Å². The predicted molar refractivity (Wildman–Crippen MR) is 68.8 cm³/mol. The molecule has 0 aliphatic rings. The van der Waals surface area contributed by atoms with Crippen molar-refractivity contribution >= 4 is 5.82 Å². The van der Waals surface area contributed by atoms with Crippen LogP contribution in [0.1, 0.15) is 45.6 Å². The molecule has 5 heteroatoms. The van der Waals surface area contributed by atoms with E-state index < -0.39 is 0 Å². The number of nitrogens with two attached hydrogens (primary N) is 1. The van der Waals surface area contributed by atoms with Crippen LogP contribution in [-0.4, -0.2) is 16.1 Å². The van der Waals surface area contributed by atoms with Crippen molar-refractivity contribution in [3.8, 4) is 5.88 Å². The summed E-state index contributed by atoms with van der Waals surface area (Å²) in [5.74, 6) is 6.75. The Morgan fingerprint density at radius 1 is 1.35 bits per heavy atom. The van der Waals surface area contributed by atoms with Gasteiger partial charge in [-0.2, -0.15) is 0 Å². The Kier molecular flexibility index (Phi) is 5.69. The van der Waals surface area contributed by atoms with E-state index in [1.54, 1.807) is 0 Å². The van der Waals surface area contributed by atoms with E-state index in [9.17, 15) is 0 Å². The molecule has 0 aliphatic heterocycles. The molecule has 0 spiro atoms. The van der Waals surface area contributed by atoms with Gasteiger partial charge in [0.15, 0.2) is 0 Å². The van der Waals surface area contributed by atoms with E-state index in [1.165, 1.54) is 6.33 Å². The van der Waals surface area contributed by atoms with Crippen LogP contribution in [0.25, 0.3) is 0 Å². The van der Waals surface area contributed by atoms with Gasteiger partial charge in [0.2, 0.25) is 5.88 Å². The lowest BCUT2D eigenvalue weighted by Gasteiger charge is -2.17. The molecule has 1 atom stereocenters. The van der Waals surface area contributed by atoms with Gasteiger partial charge in [-0.25, -0.2) is 15.8 Å². The normalized spacial score (nSPS) is 12.2. The van der Waals surface area contributed by atoms with Crippen molar-refractivity contribution in [1.29, 1.82) is 0 Å². The molecule has 0 fully saturated rings. The SMILES string of the molecule is CCCc1c(NN)ncnc1OC(C)CCC. The zero-order valence-electron chi connectivity index (χ0n) is 10.9. The van der Waals surface area contributed by atoms with E-state index in [-0.39, 0.29) is 6.10 Å². The number of anilines is 1. The number of nitrogens with one attached hydrogen (secondary N) is 1. The number of hydrogen-bond acceptors (Lipinski definition) is 5. The molecule has 0 saturated carbocycles. The zero-order chi connectivity index (χ0) is 12.7. The van der Waals surface area contributed by atoms with Crippen LogP contribution in [-0.2, 0) is 6.42 Å². The van der Waals surface area contributed by atoms with E-state index in [1.807, 2.05) is 0 Å². The van der Waals surface area contributed by atoms with Crippen molar-refractivity contribution in [2.24, 2.45) is 5.84 Å². The summed E-state index contributed by atoms with van der Waals surface area (Å²) in [6, 6.07) is 0. The Balaban J connectivity index is 2.89. The van der Waals surface area contributed by atoms with Crippen LogP contribution in [0.2, 0.25) is 0 Å². The highest BCUT2D eigenvalue weighted by Crippen LogP contribution is 2.24. The summed E-state index contributed by atoms with van der Waals surface area (Å²) in [7, 11) is 0. The van der Waals surface area contributed by atoms with Gasteiger partial charge in [0.1, 0.15) is 12.1 Å². The monoisotopic (exact) mass is 238 g/mol. The molecule has 17 heavy (non-hydrogen) atoms. The van der Waals surface area contributed by atoms with Gasteiger partial charge in [0, 0.05) is 0 Å². The summed E-state index contributed by atoms with van der Waals surface area (Å²) in [5, 5.41) is 0. The first-order valence-corrected chi connectivity index (χ1v) is 6.20. The Bertz CT molecular complexity index is 343. The minimum atomic E-state index is 0.163. The van der Waals surface area contributed by atoms with Crippen molar-refractivity contribution in [3.63, 3.8) is 0 Å². The van der Waals surface area contributed by atoms with Crippen LogP contribution in [0, 0.1) is 0 Å². The molecule has 1 aromatic rings. The number of nitrogens with zero attached hydrogens (tertiary/aromatic N) is 2. The first-order valence-electron chi connectivity index (χ1n) is 6.20. The molecule has 5 nitrogen and oxygen atoms in total. The molecule has 0 aliphatic carbocycles. The molecule has 1 aromatic heterocycles. The van der Waals surface area contributed by atoms with Crippen LogP contribution in [0.5, 0.6) is 5.88 Å². The fraction of sp³-hybridized carbons (Fsp3) is 0.667. The van der Waals surface area contributed by atoms with Crippen LogP contribution in [0.15, 0.2) is 6.33 Å². The van der Waals surface area contributed by atoms with Crippen LogP contribution >= 0.6 is 0 Å². The Hall–Kier alpha value is -1.36. The highest BCUT2D eigenvalue weighted by Gasteiger charge is 2.13. The second-order valence-corrected chi connectivity index (χ2v) is 4.12. The van der Waals surface area contributed by atoms with E-state index in [0.717, 1.165) is 31.2 Å². The second-order valence-electron chi connectivity index (χ2n) is 4.12. The third-order valence-electron chi connectivity index (χ3n) is 2.55. The molecule has 1 rings (SSSR count). The van der Waals surface area contributed by atoms with Crippen molar-refractivity contribution in [2.75, 3.05) is 5.43 Å². The van der Waals surface area contributed by atoms with E-state index >= 15 is 0 Å². The number of nitrogen functional groups attached to an aromatic ring is 1. The second kappa shape index (κ2) is 7.06. The molecule has 0 aromatic carbocycles. The van der Waals surface area contributed by atoms with Gasteiger partial charge in [0.05, 0.1) is 11.7 Å². The Labute approximate surface area is 103 Å². The quantitative estimate of drug-likeness (QED) is 0.563. The number of aromatic nitrogens is 2. The summed E-state index contributed by atoms with van der Waals surface area (Å²) in [6.45, 7) is 6.29. The van der Waals surface area contributed by atoms with Crippen LogP contribution < -0.4 is 16.0 Å². The molecule has 3 N–H and O–H groups in total. The molecular formula is C12H22N4O. The lowest BCUT2D eigenvalue weighted by atomic mass is 10.1. The maximum absolute atomic E-state index is 5.83. The summed E-state index contributed by atoms with van der Waals surface area (Å²) >= 11 is 0. The fourth-order valence-electron chi connectivity index (χ4n) is 1.75. The summed E-state index contributed by atoms with van der Waals surface area (Å²) in [5.41, 5.74) is 3.55. The highest BCUT2D eigenvalue weighted by atomic mass is 16.5. The van der Waals surface area contributed by atoms with E-state index in [4.69, 9.17) is 10.6 Å². The topological polar surface area (TPSA) is 73.1 Å². The lowest BCUT2D eigenvalue weighted by Crippen LogP contribution is -2.17. The van der Waals surface area contributed by atoms with Gasteiger partial charge in [-0.15, -0.1) is 0 Å². The molecule has 1 heterocycles. The molecule has 0 saturated heterocycles. The van der Waals surface area contributed by atoms with Gasteiger partial charge in [-0.3, -0.25) is 0 Å². The van der Waals surface area contributed by atoms with Crippen LogP contribution in [0.4, 0.5) is 5.82 Å². The van der Waals surface area contributed by atoms with Crippen molar-refractivity contribution in [1.82, 2.24) is 9.97 Å². The number of hydrogen-bond donors (Lipinski definition) is 2. The third kappa shape index (κ3) is 3.85. The van der Waals surface area contributed by atoms with Gasteiger partial charge < -0.3 is 10.2 Å². The summed E-state index contributed by atoms with van der Waals surface area (Å²) in [6.07, 6.45) is 5.60. The zero-order valence-corrected chi connectivity index (χ0v) is 10.9. The standard InChI is InChI=1S/C12H22N4O/c1-4-6-9(3)17-12-10(7-5-2)11(16-13)14-8-15-12/h8-9H,4-7,13H2,1-3H3,(H,14,15,16). The molecule has 0 bridgehead atoms. The van der Waals surface area contributed by atoms with Gasteiger partial charge in [0.25, 0.3) is 0 Å². The molecule has 96 valence electrons. The Morgan fingerprint density at radius 2 is 2.12 bits per heavy atom. The maximum Gasteiger partial charge on any atom is 0.222 e. The summed E-state index contributed by atoms with van der Waals surface area (Å²) < 4.78 is 5.83. The minimum absolute atomic E-state index is 0.163. The fourth-order valence-corrected chi connectivity index (χ4v) is 1.75. The third-order valence-corrected chi connectivity index (χ3v) is 2.55. The van der Waals surface area contributed by atoms with Gasteiger partial charge >= 0.3 is 0 Å². The molecule has 0 amide bonds. The molecular weight excluding hydrogens is 216 g/mol. The van der Waals surface area contributed by atoms with Crippen molar-refractivity contribution < 1.29 is 4.74 Å². The van der Waals surface area contributed by atoms with Crippen LogP contribution in [0.3, 0.4) is 0 Å². The minimum Gasteiger partial charge on any atom is -0.474 e. The lowest BCUT2D eigenvalue weighted by molar-refractivity contribution is 0.199. The molecule has 1 unspecified atom stereocenters. The average Bonchev–Trinajstić information content (AvgIpc) is 2.32. The largest absolute Gasteiger partial charge is 0.474 e. The highest BCUT2D eigenvalue weighted by molar-refractivity contribution is 5.47. The Morgan fingerprint density at radius 3 is 2.71 bits per heavy atom. The van der Waals surface area contributed by atoms with Crippen molar-refractivity contribution in [2.45, 2.75) is 52.6 Å². The average molecular weight is 238 g/mol. The molecule has 0 radical (unpaired) electrons. The predicted octanol–water partition coefficient (Wildman–Crippen LogP) is 2.28. The summed E-state index contributed by atoms with van der Waals surface area (Å²) in [4.78, 5) is 8.30. The maximum atomic E-state index is 5.83. The van der Waals surface area contributed by atoms with E-state index in [2.05, 4.69) is 36.2 Å².